The third kappa shape index (κ3) is 4.67. The quantitative estimate of drug-likeness (QED) is 0.632. The minimum absolute atomic E-state index is 0.115. The summed E-state index contributed by atoms with van der Waals surface area (Å²) in [5.74, 6) is 0. The molecule has 1 aromatic carbocycles. The lowest BCUT2D eigenvalue weighted by atomic mass is 10.1. The van der Waals surface area contributed by atoms with E-state index in [0.717, 1.165) is 5.56 Å². The molecule has 2 rings (SSSR count). The Labute approximate surface area is 113 Å². The molecule has 0 aromatic heterocycles. The molecule has 1 aromatic rings. The van der Waals surface area contributed by atoms with Gasteiger partial charge in [-0.1, -0.05) is 30.3 Å². The number of aliphatic hydroxyl groups excluding tert-OH is 1. The number of hydrogen-bond acceptors (Lipinski definition) is 4. The highest BCUT2D eigenvalue weighted by molar-refractivity contribution is 5.13. The second-order valence-electron chi connectivity index (χ2n) is 4.63. The van der Waals surface area contributed by atoms with Crippen molar-refractivity contribution in [2.45, 2.75) is 38.3 Å². The van der Waals surface area contributed by atoms with E-state index in [9.17, 15) is 5.11 Å². The minimum Gasteiger partial charge on any atom is -0.495 e. The van der Waals surface area contributed by atoms with E-state index >= 15 is 0 Å². The molecule has 19 heavy (non-hydrogen) atoms. The first-order chi connectivity index (χ1) is 9.25. The van der Waals surface area contributed by atoms with Crippen molar-refractivity contribution >= 4 is 0 Å². The van der Waals surface area contributed by atoms with Gasteiger partial charge in [0.05, 0.1) is 25.1 Å². The van der Waals surface area contributed by atoms with Gasteiger partial charge in [0.1, 0.15) is 12.9 Å². The van der Waals surface area contributed by atoms with E-state index in [0.29, 0.717) is 13.0 Å². The zero-order valence-corrected chi connectivity index (χ0v) is 11.1. The van der Waals surface area contributed by atoms with Crippen molar-refractivity contribution in [1.29, 1.82) is 0 Å². The highest BCUT2D eigenvalue weighted by atomic mass is 16.7. The van der Waals surface area contributed by atoms with Gasteiger partial charge < -0.3 is 19.3 Å². The second-order valence-corrected chi connectivity index (χ2v) is 4.63. The molecule has 0 amide bonds. The Kier molecular flexibility index (Phi) is 5.39. The van der Waals surface area contributed by atoms with Crippen molar-refractivity contribution in [3.63, 3.8) is 0 Å². The van der Waals surface area contributed by atoms with Crippen LogP contribution in [0.4, 0.5) is 0 Å². The van der Waals surface area contributed by atoms with Crippen LogP contribution in [0.2, 0.25) is 0 Å². The molecule has 1 N–H and O–H groups in total. The summed E-state index contributed by atoms with van der Waals surface area (Å²) in [4.78, 5) is 0. The van der Waals surface area contributed by atoms with Crippen molar-refractivity contribution in [2.75, 3.05) is 6.79 Å². The van der Waals surface area contributed by atoms with Gasteiger partial charge in [0, 0.05) is 6.42 Å². The summed E-state index contributed by atoms with van der Waals surface area (Å²) in [6, 6.07) is 9.95. The molecule has 0 aliphatic carbocycles. The van der Waals surface area contributed by atoms with Crippen molar-refractivity contribution in [3.05, 3.63) is 48.2 Å². The predicted molar refractivity (Wildman–Crippen MR) is 71.3 cm³/mol. The van der Waals surface area contributed by atoms with Crippen LogP contribution in [-0.2, 0) is 20.8 Å². The molecule has 0 saturated heterocycles. The predicted octanol–water partition coefficient (Wildman–Crippen LogP) is 2.23. The molecule has 104 valence electrons. The number of rotatable bonds is 6. The zero-order valence-electron chi connectivity index (χ0n) is 11.1. The van der Waals surface area contributed by atoms with Gasteiger partial charge in [0.2, 0.25) is 0 Å². The van der Waals surface area contributed by atoms with Crippen LogP contribution in [0.5, 0.6) is 0 Å². The molecule has 0 unspecified atom stereocenters. The summed E-state index contributed by atoms with van der Waals surface area (Å²) < 4.78 is 16.4. The maximum atomic E-state index is 9.50. The standard InChI is InChI=1S/C15H20O4/c1-12(15-9-14(16)7-8-18-15)19-11-17-10-13-5-3-2-4-6-13/h2-8,12,14-16H,9-11H2,1H3/t12-,14+,15-/m0/s1. The van der Waals surface area contributed by atoms with Gasteiger partial charge >= 0.3 is 0 Å². The van der Waals surface area contributed by atoms with Crippen LogP contribution in [0, 0.1) is 0 Å². The van der Waals surface area contributed by atoms with Gasteiger partial charge in [-0.15, -0.1) is 0 Å². The van der Waals surface area contributed by atoms with E-state index < -0.39 is 6.10 Å². The van der Waals surface area contributed by atoms with Crippen molar-refractivity contribution in [1.82, 2.24) is 0 Å². The highest BCUT2D eigenvalue weighted by Gasteiger charge is 2.24. The molecular weight excluding hydrogens is 244 g/mol. The second kappa shape index (κ2) is 7.28. The van der Waals surface area contributed by atoms with E-state index in [1.54, 1.807) is 6.08 Å². The fraction of sp³-hybridized carbons (Fsp3) is 0.467. The molecule has 1 heterocycles. The number of aliphatic hydroxyl groups is 1. The summed E-state index contributed by atoms with van der Waals surface area (Å²) in [5.41, 5.74) is 1.12. The van der Waals surface area contributed by atoms with Gasteiger partial charge in [0.15, 0.2) is 0 Å². The molecule has 4 heteroatoms. The van der Waals surface area contributed by atoms with E-state index in [-0.39, 0.29) is 19.0 Å². The number of benzene rings is 1. The zero-order chi connectivity index (χ0) is 13.5. The van der Waals surface area contributed by atoms with Gasteiger partial charge in [0.25, 0.3) is 0 Å². The van der Waals surface area contributed by atoms with E-state index in [2.05, 4.69) is 0 Å². The molecule has 0 radical (unpaired) electrons. The van der Waals surface area contributed by atoms with Gasteiger partial charge in [-0.25, -0.2) is 0 Å². The van der Waals surface area contributed by atoms with Gasteiger partial charge in [-0.05, 0) is 18.6 Å². The number of ether oxygens (including phenoxy) is 3. The molecule has 0 spiro atoms. The highest BCUT2D eigenvalue weighted by Crippen LogP contribution is 2.16. The van der Waals surface area contributed by atoms with Crippen molar-refractivity contribution in [2.24, 2.45) is 0 Å². The Morgan fingerprint density at radius 1 is 1.37 bits per heavy atom. The van der Waals surface area contributed by atoms with Crippen LogP contribution in [0.25, 0.3) is 0 Å². The molecular formula is C15H20O4. The third-order valence-electron chi connectivity index (χ3n) is 3.08. The lowest BCUT2D eigenvalue weighted by Crippen LogP contribution is -2.33. The Morgan fingerprint density at radius 2 is 2.16 bits per heavy atom. The van der Waals surface area contributed by atoms with Crippen LogP contribution in [0.1, 0.15) is 18.9 Å². The van der Waals surface area contributed by atoms with E-state index in [4.69, 9.17) is 14.2 Å². The number of hydrogen-bond donors (Lipinski definition) is 1. The Bertz CT molecular complexity index is 390. The first-order valence-electron chi connectivity index (χ1n) is 6.49. The smallest absolute Gasteiger partial charge is 0.147 e. The molecule has 0 fully saturated rings. The van der Waals surface area contributed by atoms with Crippen molar-refractivity contribution < 1.29 is 19.3 Å². The first-order valence-corrected chi connectivity index (χ1v) is 6.49. The molecule has 4 nitrogen and oxygen atoms in total. The normalized spacial score (nSPS) is 23.9. The van der Waals surface area contributed by atoms with E-state index in [1.165, 1.54) is 6.26 Å². The molecule has 0 bridgehead atoms. The molecule has 0 saturated carbocycles. The lowest BCUT2D eigenvalue weighted by molar-refractivity contribution is -0.131. The fourth-order valence-corrected chi connectivity index (χ4v) is 1.91. The van der Waals surface area contributed by atoms with Crippen LogP contribution < -0.4 is 0 Å². The van der Waals surface area contributed by atoms with Crippen LogP contribution >= 0.6 is 0 Å². The van der Waals surface area contributed by atoms with Crippen LogP contribution in [0.3, 0.4) is 0 Å². The van der Waals surface area contributed by atoms with E-state index in [1.807, 2.05) is 37.3 Å². The minimum atomic E-state index is -0.449. The summed E-state index contributed by atoms with van der Waals surface area (Å²) >= 11 is 0. The molecule has 1 aliphatic rings. The first kappa shape index (κ1) is 14.1. The average Bonchev–Trinajstić information content (AvgIpc) is 2.44. The largest absolute Gasteiger partial charge is 0.495 e. The third-order valence-corrected chi connectivity index (χ3v) is 3.08. The summed E-state index contributed by atoms with van der Waals surface area (Å²) in [5, 5.41) is 9.50. The van der Waals surface area contributed by atoms with Crippen LogP contribution in [-0.4, -0.2) is 30.2 Å². The Hall–Kier alpha value is -1.36. The lowest BCUT2D eigenvalue weighted by Gasteiger charge is -2.27. The maximum absolute atomic E-state index is 9.50. The van der Waals surface area contributed by atoms with Gasteiger partial charge in [-0.2, -0.15) is 0 Å². The van der Waals surface area contributed by atoms with Crippen molar-refractivity contribution in [3.8, 4) is 0 Å². The Balaban J connectivity index is 1.64. The SMILES string of the molecule is C[C@H](OCOCc1ccccc1)[C@@H]1C[C@H](O)C=CO1. The summed E-state index contributed by atoms with van der Waals surface area (Å²) in [7, 11) is 0. The average molecular weight is 264 g/mol. The molecule has 3 atom stereocenters. The molecule has 1 aliphatic heterocycles. The van der Waals surface area contributed by atoms with Gasteiger partial charge in [-0.3, -0.25) is 0 Å². The maximum Gasteiger partial charge on any atom is 0.147 e. The fourth-order valence-electron chi connectivity index (χ4n) is 1.91. The summed E-state index contributed by atoms with van der Waals surface area (Å²) in [6.07, 6.45) is 3.03. The Morgan fingerprint density at radius 3 is 2.89 bits per heavy atom. The topological polar surface area (TPSA) is 47.9 Å². The monoisotopic (exact) mass is 264 g/mol. The van der Waals surface area contributed by atoms with Crippen LogP contribution in [0.15, 0.2) is 42.7 Å². The summed E-state index contributed by atoms with van der Waals surface area (Å²) in [6.45, 7) is 2.67.